The van der Waals surface area contributed by atoms with E-state index in [2.05, 4.69) is 20.7 Å². The van der Waals surface area contributed by atoms with Gasteiger partial charge in [0.2, 0.25) is 0 Å². The average Bonchev–Trinajstić information content (AvgIpc) is 2.43. The number of hydrogen-bond donors (Lipinski definition) is 0. The Morgan fingerprint density at radius 3 is 2.00 bits per heavy atom. The highest BCUT2D eigenvalue weighted by Gasteiger charge is 2.15. The lowest BCUT2D eigenvalue weighted by molar-refractivity contribution is -0.522. The molecule has 0 aromatic rings. The van der Waals surface area contributed by atoms with Crippen LogP contribution in [0.1, 0.15) is 13.8 Å². The van der Waals surface area contributed by atoms with E-state index in [4.69, 9.17) is 0 Å². The van der Waals surface area contributed by atoms with Crippen molar-refractivity contribution >= 4 is 5.96 Å². The van der Waals surface area contributed by atoms with Gasteiger partial charge in [-0.25, -0.2) is 0 Å². The van der Waals surface area contributed by atoms with Gasteiger partial charge in [0, 0.05) is 0 Å². The van der Waals surface area contributed by atoms with E-state index in [9.17, 15) is 0 Å². The topological polar surface area (TPSA) is 52.4 Å². The summed E-state index contributed by atoms with van der Waals surface area (Å²) >= 11 is 0. The molecule has 54 valence electrons. The fraction of sp³-hybridized carbons (Fsp3) is 0.800. The van der Waals surface area contributed by atoms with E-state index in [1.54, 1.807) is 0 Å². The Morgan fingerprint density at radius 2 is 1.60 bits per heavy atom. The summed E-state index contributed by atoms with van der Waals surface area (Å²) in [4.78, 5) is 0. The van der Waals surface area contributed by atoms with Gasteiger partial charge in [0.05, 0.1) is 33.8 Å². The average molecular weight is 140 g/mol. The zero-order chi connectivity index (χ0) is 7.40. The predicted molar refractivity (Wildman–Crippen MR) is 36.1 cm³/mol. The molecule has 0 aliphatic carbocycles. The largest absolute Gasteiger partial charge is 0.476 e. The first-order valence-corrected chi connectivity index (χ1v) is 3.32. The van der Waals surface area contributed by atoms with Crippen LogP contribution < -0.4 is 0 Å². The Labute approximate surface area is 59.2 Å². The zero-order valence-electron chi connectivity index (χ0n) is 6.15. The van der Waals surface area contributed by atoms with Crippen molar-refractivity contribution in [1.82, 2.24) is 0 Å². The van der Waals surface area contributed by atoms with Crippen molar-refractivity contribution in [3.05, 3.63) is 0 Å². The van der Waals surface area contributed by atoms with Crippen LogP contribution in [0.15, 0.2) is 20.7 Å². The molecule has 0 saturated heterocycles. The normalized spacial score (nSPS) is 14.8. The van der Waals surface area contributed by atoms with Crippen molar-refractivity contribution in [3.8, 4) is 0 Å². The summed E-state index contributed by atoms with van der Waals surface area (Å²) in [6, 6.07) is 0. The highest BCUT2D eigenvalue weighted by atomic mass is 15.6. The predicted octanol–water partition coefficient (Wildman–Crippen LogP) is 1.23. The van der Waals surface area contributed by atoms with Gasteiger partial charge in [-0.05, 0) is 13.8 Å². The third-order valence-electron chi connectivity index (χ3n) is 1.35. The molecule has 0 unspecified atom stereocenters. The second-order valence-electron chi connectivity index (χ2n) is 1.85. The van der Waals surface area contributed by atoms with Crippen LogP contribution >= 0.6 is 0 Å². The molecule has 1 heterocycles. The first-order chi connectivity index (χ1) is 4.88. The molecule has 5 heteroatoms. The lowest BCUT2D eigenvalue weighted by Crippen LogP contribution is -2.16. The van der Waals surface area contributed by atoms with Crippen molar-refractivity contribution in [2.75, 3.05) is 13.1 Å². The Hall–Kier alpha value is -1.13. The number of nitrogens with zero attached hydrogens (tertiary/aromatic N) is 5. The van der Waals surface area contributed by atoms with Gasteiger partial charge in [-0.3, -0.25) is 4.58 Å². The third kappa shape index (κ3) is 1.23. The SMILES string of the molecule is CC[N+](CC)=C1N=NN=N1. The summed E-state index contributed by atoms with van der Waals surface area (Å²) in [5.41, 5.74) is 0. The quantitative estimate of drug-likeness (QED) is 0.518. The standard InChI is InChI=1S/C5H10N5/c1-3-10(4-2)5-6-8-9-7-5/h3-4H2,1-2H3/q+1. The fourth-order valence-electron chi connectivity index (χ4n) is 0.773. The van der Waals surface area contributed by atoms with Gasteiger partial charge >= 0.3 is 5.96 Å². The molecule has 0 radical (unpaired) electrons. The van der Waals surface area contributed by atoms with Gasteiger partial charge in [-0.15, -0.1) is 0 Å². The summed E-state index contributed by atoms with van der Waals surface area (Å²) in [5, 5.41) is 14.2. The minimum Gasteiger partial charge on any atom is -0.256 e. The Bertz CT molecular complexity index is 182. The fourth-order valence-corrected chi connectivity index (χ4v) is 0.773. The summed E-state index contributed by atoms with van der Waals surface area (Å²) in [6.45, 7) is 5.87. The summed E-state index contributed by atoms with van der Waals surface area (Å²) in [5.74, 6) is 0.616. The van der Waals surface area contributed by atoms with Gasteiger partial charge < -0.3 is 0 Å². The number of hydrogen-bond acceptors (Lipinski definition) is 2. The van der Waals surface area contributed by atoms with Crippen molar-refractivity contribution in [3.63, 3.8) is 0 Å². The van der Waals surface area contributed by atoms with Gasteiger partial charge in [0.25, 0.3) is 0 Å². The van der Waals surface area contributed by atoms with Crippen LogP contribution in [-0.4, -0.2) is 23.6 Å². The van der Waals surface area contributed by atoms with Crippen LogP contribution in [0.3, 0.4) is 0 Å². The highest BCUT2D eigenvalue weighted by molar-refractivity contribution is 5.76. The highest BCUT2D eigenvalue weighted by Crippen LogP contribution is 1.97. The second-order valence-corrected chi connectivity index (χ2v) is 1.85. The molecule has 0 amide bonds. The van der Waals surface area contributed by atoms with E-state index in [1.807, 2.05) is 18.4 Å². The van der Waals surface area contributed by atoms with Gasteiger partial charge in [0.15, 0.2) is 0 Å². The minimum absolute atomic E-state index is 0.616. The Kier molecular flexibility index (Phi) is 2.20. The van der Waals surface area contributed by atoms with E-state index in [0.717, 1.165) is 13.1 Å². The summed E-state index contributed by atoms with van der Waals surface area (Å²) in [7, 11) is 0. The molecule has 0 atom stereocenters. The number of guanidine groups is 1. The molecule has 0 saturated carbocycles. The molecule has 0 spiro atoms. The molecule has 10 heavy (non-hydrogen) atoms. The lowest BCUT2D eigenvalue weighted by atomic mass is 10.6. The van der Waals surface area contributed by atoms with Crippen molar-refractivity contribution < 1.29 is 4.58 Å². The summed E-state index contributed by atoms with van der Waals surface area (Å²) in [6.07, 6.45) is 0. The Morgan fingerprint density at radius 1 is 1.10 bits per heavy atom. The first-order valence-electron chi connectivity index (χ1n) is 3.32. The van der Waals surface area contributed by atoms with Crippen LogP contribution in [0, 0.1) is 0 Å². The minimum atomic E-state index is 0.616. The maximum atomic E-state index is 3.71. The third-order valence-corrected chi connectivity index (χ3v) is 1.35. The van der Waals surface area contributed by atoms with E-state index >= 15 is 0 Å². The van der Waals surface area contributed by atoms with E-state index in [1.165, 1.54) is 0 Å². The Balaban J connectivity index is 2.81. The molecule has 5 nitrogen and oxygen atoms in total. The maximum Gasteiger partial charge on any atom is 0.476 e. The van der Waals surface area contributed by atoms with Crippen LogP contribution in [0.5, 0.6) is 0 Å². The van der Waals surface area contributed by atoms with Gasteiger partial charge in [0.1, 0.15) is 0 Å². The molecule has 1 aliphatic heterocycles. The molecule has 0 aromatic heterocycles. The van der Waals surface area contributed by atoms with Crippen LogP contribution in [-0.2, 0) is 0 Å². The van der Waals surface area contributed by atoms with Crippen LogP contribution in [0.25, 0.3) is 0 Å². The second kappa shape index (κ2) is 3.14. The molecule has 1 aliphatic rings. The van der Waals surface area contributed by atoms with E-state index < -0.39 is 0 Å². The van der Waals surface area contributed by atoms with Crippen molar-refractivity contribution in [2.45, 2.75) is 13.8 Å². The molecule has 0 bridgehead atoms. The van der Waals surface area contributed by atoms with Crippen LogP contribution in [0.2, 0.25) is 0 Å². The molecular formula is C5H10N5+. The first kappa shape index (κ1) is 6.98. The lowest BCUT2D eigenvalue weighted by Gasteiger charge is -1.96. The number of rotatable bonds is 2. The molecular weight excluding hydrogens is 130 g/mol. The van der Waals surface area contributed by atoms with Crippen LogP contribution in [0.4, 0.5) is 0 Å². The van der Waals surface area contributed by atoms with Gasteiger partial charge in [-0.2, -0.15) is 0 Å². The summed E-state index contributed by atoms with van der Waals surface area (Å²) < 4.78 is 1.99. The molecule has 0 N–H and O–H groups in total. The van der Waals surface area contributed by atoms with E-state index in [0.29, 0.717) is 5.96 Å². The zero-order valence-corrected chi connectivity index (χ0v) is 6.15. The van der Waals surface area contributed by atoms with Gasteiger partial charge in [-0.1, -0.05) is 0 Å². The molecule has 0 fully saturated rings. The van der Waals surface area contributed by atoms with Crippen molar-refractivity contribution in [1.29, 1.82) is 0 Å². The molecule has 0 aromatic carbocycles. The smallest absolute Gasteiger partial charge is 0.256 e. The molecule has 1 rings (SSSR count). The van der Waals surface area contributed by atoms with E-state index in [-0.39, 0.29) is 0 Å². The van der Waals surface area contributed by atoms with Crippen molar-refractivity contribution in [2.24, 2.45) is 20.7 Å². The monoisotopic (exact) mass is 140 g/mol. The maximum absolute atomic E-state index is 3.71.